The molecule has 1 aromatic carbocycles. The Morgan fingerprint density at radius 3 is 2.56 bits per heavy atom. The molecule has 1 amide bonds. The van der Waals surface area contributed by atoms with Gasteiger partial charge in [0.2, 0.25) is 0 Å². The minimum atomic E-state index is -0.240. The maximum atomic E-state index is 12.4. The van der Waals surface area contributed by atoms with Crippen LogP contribution >= 0.6 is 11.6 Å². The van der Waals surface area contributed by atoms with Crippen LogP contribution in [0.5, 0.6) is 0 Å². The number of rotatable bonds is 7. The van der Waals surface area contributed by atoms with Crippen LogP contribution in [0.1, 0.15) is 21.6 Å². The lowest BCUT2D eigenvalue weighted by Gasteiger charge is -2.18. The van der Waals surface area contributed by atoms with Gasteiger partial charge >= 0.3 is 0 Å². The van der Waals surface area contributed by atoms with Crippen molar-refractivity contribution in [2.75, 3.05) is 18.5 Å². The Kier molecular flexibility index (Phi) is 6.33. The maximum Gasteiger partial charge on any atom is 0.270 e. The van der Waals surface area contributed by atoms with E-state index < -0.39 is 0 Å². The summed E-state index contributed by atoms with van der Waals surface area (Å²) >= 11 is 5.87. The van der Waals surface area contributed by atoms with E-state index >= 15 is 0 Å². The Labute approximate surface area is 163 Å². The average Bonchev–Trinajstić information content (AvgIpc) is 2.72. The number of benzene rings is 1. The van der Waals surface area contributed by atoms with Crippen LogP contribution < -0.4 is 10.2 Å². The van der Waals surface area contributed by atoms with Crippen molar-refractivity contribution >= 4 is 23.3 Å². The van der Waals surface area contributed by atoms with Gasteiger partial charge in [0.05, 0.1) is 0 Å². The van der Waals surface area contributed by atoms with Crippen LogP contribution in [0.3, 0.4) is 0 Å². The van der Waals surface area contributed by atoms with Crippen molar-refractivity contribution in [1.29, 1.82) is 0 Å². The highest BCUT2D eigenvalue weighted by molar-refractivity contribution is 6.30. The Balaban J connectivity index is 1.58. The molecule has 0 bridgehead atoms. The van der Waals surface area contributed by atoms with Gasteiger partial charge in [-0.05, 0) is 41.8 Å². The summed E-state index contributed by atoms with van der Waals surface area (Å²) in [5, 5.41) is 3.53. The topological polar surface area (TPSA) is 71.0 Å². The molecule has 0 unspecified atom stereocenters. The van der Waals surface area contributed by atoms with Gasteiger partial charge in [-0.2, -0.15) is 0 Å². The van der Waals surface area contributed by atoms with Crippen LogP contribution in [0.15, 0.2) is 61.2 Å². The predicted molar refractivity (Wildman–Crippen MR) is 106 cm³/mol. The molecule has 0 radical (unpaired) electrons. The highest BCUT2D eigenvalue weighted by Crippen LogP contribution is 2.12. The number of anilines is 1. The summed E-state index contributed by atoms with van der Waals surface area (Å²) in [4.78, 5) is 26.8. The second kappa shape index (κ2) is 9.09. The summed E-state index contributed by atoms with van der Waals surface area (Å²) in [6.45, 7) is 1.18. The molecule has 7 heteroatoms. The Morgan fingerprint density at radius 1 is 1.07 bits per heavy atom. The van der Waals surface area contributed by atoms with Crippen molar-refractivity contribution in [3.63, 3.8) is 0 Å². The minimum absolute atomic E-state index is 0.240. The van der Waals surface area contributed by atoms with Gasteiger partial charge in [-0.1, -0.05) is 23.7 Å². The van der Waals surface area contributed by atoms with Gasteiger partial charge in [0, 0.05) is 43.6 Å². The fourth-order valence-electron chi connectivity index (χ4n) is 2.52. The first-order valence-electron chi connectivity index (χ1n) is 8.56. The van der Waals surface area contributed by atoms with Crippen LogP contribution in [0.2, 0.25) is 5.02 Å². The maximum absolute atomic E-state index is 12.4. The Hall–Kier alpha value is -2.99. The summed E-state index contributed by atoms with van der Waals surface area (Å²) < 4.78 is 0. The summed E-state index contributed by atoms with van der Waals surface area (Å²) in [6, 6.07) is 13.0. The molecule has 0 atom stereocenters. The van der Waals surface area contributed by atoms with E-state index in [1.54, 1.807) is 30.6 Å². The first-order chi connectivity index (χ1) is 13.1. The van der Waals surface area contributed by atoms with Crippen molar-refractivity contribution in [1.82, 2.24) is 20.3 Å². The number of likely N-dealkylation sites (N-methyl/N-ethyl adjacent to an activating group) is 1. The van der Waals surface area contributed by atoms with E-state index in [0.29, 0.717) is 23.1 Å². The van der Waals surface area contributed by atoms with Gasteiger partial charge < -0.3 is 10.2 Å². The lowest BCUT2D eigenvalue weighted by atomic mass is 10.2. The molecule has 0 fully saturated rings. The highest BCUT2D eigenvalue weighted by Gasteiger charge is 2.11. The smallest absolute Gasteiger partial charge is 0.270 e. The lowest BCUT2D eigenvalue weighted by molar-refractivity contribution is 0.0946. The number of amides is 1. The third-order valence-electron chi connectivity index (χ3n) is 4.13. The van der Waals surface area contributed by atoms with Crippen molar-refractivity contribution in [2.24, 2.45) is 0 Å². The number of aromatic nitrogens is 3. The fraction of sp³-hybridized carbons (Fsp3) is 0.200. The molecule has 6 nitrogen and oxygen atoms in total. The average molecular weight is 382 g/mol. The predicted octanol–water partition coefficient (Wildman–Crippen LogP) is 3.13. The van der Waals surface area contributed by atoms with Crippen LogP contribution in [-0.4, -0.2) is 34.5 Å². The molecule has 138 valence electrons. The molecule has 0 spiro atoms. The monoisotopic (exact) mass is 381 g/mol. The van der Waals surface area contributed by atoms with E-state index in [1.165, 1.54) is 11.9 Å². The quantitative estimate of drug-likeness (QED) is 0.680. The lowest BCUT2D eigenvalue weighted by Crippen LogP contribution is -2.26. The molecule has 27 heavy (non-hydrogen) atoms. The Morgan fingerprint density at radius 2 is 1.81 bits per heavy atom. The Bertz CT molecular complexity index is 886. The molecule has 0 saturated carbocycles. The molecule has 0 saturated heterocycles. The zero-order valence-electron chi connectivity index (χ0n) is 15.0. The molecule has 3 aromatic rings. The van der Waals surface area contributed by atoms with Gasteiger partial charge in [-0.15, -0.1) is 0 Å². The number of nitrogens with one attached hydrogen (secondary N) is 1. The van der Waals surface area contributed by atoms with Crippen molar-refractivity contribution in [3.05, 3.63) is 83.0 Å². The van der Waals surface area contributed by atoms with E-state index in [-0.39, 0.29) is 5.91 Å². The number of carbonyl (C=O) groups is 1. The number of carbonyl (C=O) groups excluding carboxylic acids is 1. The third kappa shape index (κ3) is 5.49. The number of pyridine rings is 1. The molecule has 3 rings (SSSR count). The van der Waals surface area contributed by atoms with Gasteiger partial charge in [0.25, 0.3) is 5.91 Å². The molecule has 0 aliphatic carbocycles. The minimum Gasteiger partial charge on any atom is -0.359 e. The SMILES string of the molecule is CN(CCc1ccncc1)c1cc(C(=O)NCc2ccc(Cl)cc2)ncn1. The van der Waals surface area contributed by atoms with Crippen LogP contribution in [0, 0.1) is 0 Å². The summed E-state index contributed by atoms with van der Waals surface area (Å²) in [7, 11) is 1.94. The van der Waals surface area contributed by atoms with Crippen LogP contribution in [-0.2, 0) is 13.0 Å². The second-order valence-corrected chi connectivity index (χ2v) is 6.53. The van der Waals surface area contributed by atoms with E-state index in [2.05, 4.69) is 20.3 Å². The summed E-state index contributed by atoms with van der Waals surface area (Å²) in [6.07, 6.45) is 5.84. The van der Waals surface area contributed by atoms with E-state index in [1.807, 2.05) is 36.2 Å². The zero-order chi connectivity index (χ0) is 19.1. The van der Waals surface area contributed by atoms with Crippen molar-refractivity contribution in [2.45, 2.75) is 13.0 Å². The third-order valence-corrected chi connectivity index (χ3v) is 4.38. The van der Waals surface area contributed by atoms with Crippen LogP contribution in [0.25, 0.3) is 0 Å². The molecular weight excluding hydrogens is 362 g/mol. The number of hydrogen-bond acceptors (Lipinski definition) is 5. The first kappa shape index (κ1) is 18.8. The van der Waals surface area contributed by atoms with Gasteiger partial charge in [0.15, 0.2) is 0 Å². The molecule has 0 aliphatic rings. The first-order valence-corrected chi connectivity index (χ1v) is 8.94. The van der Waals surface area contributed by atoms with Gasteiger partial charge in [-0.3, -0.25) is 9.78 Å². The number of halogens is 1. The van der Waals surface area contributed by atoms with Crippen molar-refractivity contribution < 1.29 is 4.79 Å². The van der Waals surface area contributed by atoms with Gasteiger partial charge in [0.1, 0.15) is 17.8 Å². The zero-order valence-corrected chi connectivity index (χ0v) is 15.7. The van der Waals surface area contributed by atoms with E-state index in [0.717, 1.165) is 18.5 Å². The second-order valence-electron chi connectivity index (χ2n) is 6.10. The number of hydrogen-bond donors (Lipinski definition) is 1. The van der Waals surface area contributed by atoms with E-state index in [9.17, 15) is 4.79 Å². The van der Waals surface area contributed by atoms with Crippen LogP contribution in [0.4, 0.5) is 5.82 Å². The standard InChI is InChI=1S/C20H20ClN5O/c1-26(11-8-15-6-9-22-10-7-15)19-12-18(24-14-25-19)20(27)23-13-16-2-4-17(21)5-3-16/h2-7,9-10,12,14H,8,11,13H2,1H3,(H,23,27). The molecule has 1 N–H and O–H groups in total. The van der Waals surface area contributed by atoms with Crippen molar-refractivity contribution in [3.8, 4) is 0 Å². The molecule has 0 aliphatic heterocycles. The van der Waals surface area contributed by atoms with E-state index in [4.69, 9.17) is 11.6 Å². The summed E-state index contributed by atoms with van der Waals surface area (Å²) in [5.41, 5.74) is 2.51. The molecule has 2 heterocycles. The highest BCUT2D eigenvalue weighted by atomic mass is 35.5. The molecular formula is C20H20ClN5O. The largest absolute Gasteiger partial charge is 0.359 e. The van der Waals surface area contributed by atoms with Gasteiger partial charge in [-0.25, -0.2) is 9.97 Å². The normalized spacial score (nSPS) is 10.4. The number of nitrogens with zero attached hydrogens (tertiary/aromatic N) is 4. The molecule has 2 aromatic heterocycles. The summed E-state index contributed by atoms with van der Waals surface area (Å²) in [5.74, 6) is 0.465. The fourth-order valence-corrected chi connectivity index (χ4v) is 2.64.